The summed E-state index contributed by atoms with van der Waals surface area (Å²) in [7, 11) is 0. The number of rotatable bonds is 3. The summed E-state index contributed by atoms with van der Waals surface area (Å²) in [5.74, 6) is 0.284. The van der Waals surface area contributed by atoms with Crippen LogP contribution < -0.4 is 0 Å². The van der Waals surface area contributed by atoms with E-state index in [0.29, 0.717) is 32.7 Å². The van der Waals surface area contributed by atoms with E-state index < -0.39 is 6.17 Å². The summed E-state index contributed by atoms with van der Waals surface area (Å²) in [5, 5.41) is 0. The molecule has 15 heavy (non-hydrogen) atoms. The molecule has 0 aromatic carbocycles. The van der Waals surface area contributed by atoms with E-state index in [9.17, 15) is 9.18 Å². The summed E-state index contributed by atoms with van der Waals surface area (Å²) in [5.41, 5.74) is 0. The average Bonchev–Trinajstić information content (AvgIpc) is 2.70. The lowest BCUT2D eigenvalue weighted by Gasteiger charge is -2.28. The Hall–Kier alpha value is -0.480. The minimum Gasteiger partial charge on any atom is -0.381 e. The fourth-order valence-corrected chi connectivity index (χ4v) is 2.28. The summed E-state index contributed by atoms with van der Waals surface area (Å²) in [4.78, 5) is 13.7. The van der Waals surface area contributed by atoms with Crippen molar-refractivity contribution in [3.05, 3.63) is 0 Å². The zero-order valence-corrected chi connectivity index (χ0v) is 8.95. The number of ether oxygens (including phenoxy) is 1. The van der Waals surface area contributed by atoms with Crippen LogP contribution in [0.2, 0.25) is 0 Å². The van der Waals surface area contributed by atoms with E-state index in [-0.39, 0.29) is 11.7 Å². The van der Waals surface area contributed by atoms with Gasteiger partial charge in [0, 0.05) is 19.1 Å². The van der Waals surface area contributed by atoms with Crippen molar-refractivity contribution in [2.75, 3.05) is 32.8 Å². The molecule has 0 amide bonds. The molecule has 2 saturated heterocycles. The van der Waals surface area contributed by atoms with Crippen molar-refractivity contribution in [1.82, 2.24) is 4.90 Å². The van der Waals surface area contributed by atoms with Crippen LogP contribution in [0, 0.1) is 5.92 Å². The van der Waals surface area contributed by atoms with E-state index in [1.807, 2.05) is 4.90 Å². The second-order valence-corrected chi connectivity index (χ2v) is 4.50. The van der Waals surface area contributed by atoms with Crippen LogP contribution >= 0.6 is 0 Å². The third-order valence-electron chi connectivity index (χ3n) is 3.21. The van der Waals surface area contributed by atoms with Gasteiger partial charge in [0.05, 0.1) is 13.2 Å². The second-order valence-electron chi connectivity index (χ2n) is 4.50. The van der Waals surface area contributed by atoms with Crippen LogP contribution in [-0.2, 0) is 9.53 Å². The lowest BCUT2D eigenvalue weighted by atomic mass is 10.0. The van der Waals surface area contributed by atoms with Gasteiger partial charge in [-0.3, -0.25) is 9.69 Å². The lowest BCUT2D eigenvalue weighted by Crippen LogP contribution is -2.41. The number of Topliss-reactive ketones (excluding diaryl/α,β-unsaturated/α-hetero) is 1. The number of hydrogen-bond acceptors (Lipinski definition) is 3. The number of hydrogen-bond donors (Lipinski definition) is 0. The Balaban J connectivity index is 1.77. The molecular formula is C11H18FNO2. The van der Waals surface area contributed by atoms with Gasteiger partial charge < -0.3 is 4.74 Å². The van der Waals surface area contributed by atoms with Crippen molar-refractivity contribution >= 4 is 5.78 Å². The van der Waals surface area contributed by atoms with Crippen molar-refractivity contribution in [3.63, 3.8) is 0 Å². The van der Waals surface area contributed by atoms with Crippen LogP contribution in [-0.4, -0.2) is 49.7 Å². The molecule has 2 rings (SSSR count). The molecule has 0 aliphatic carbocycles. The molecule has 3 nitrogen and oxygen atoms in total. The maximum atomic E-state index is 13.1. The van der Waals surface area contributed by atoms with Gasteiger partial charge in [0.1, 0.15) is 6.17 Å². The predicted octanol–water partition coefficient (Wildman–Crippen LogP) is 1.03. The number of alkyl halides is 1. The van der Waals surface area contributed by atoms with Crippen LogP contribution in [0.5, 0.6) is 0 Å². The Morgan fingerprint density at radius 3 is 3.00 bits per heavy atom. The smallest absolute Gasteiger partial charge is 0.152 e. The number of likely N-dealkylation sites (tertiary alicyclic amines) is 1. The van der Waals surface area contributed by atoms with E-state index in [4.69, 9.17) is 4.74 Å². The Morgan fingerprint density at radius 1 is 1.47 bits per heavy atom. The largest absolute Gasteiger partial charge is 0.381 e. The van der Waals surface area contributed by atoms with E-state index in [1.165, 1.54) is 0 Å². The van der Waals surface area contributed by atoms with Gasteiger partial charge in [-0.15, -0.1) is 0 Å². The van der Waals surface area contributed by atoms with Crippen LogP contribution in [0.4, 0.5) is 4.39 Å². The average molecular weight is 215 g/mol. The Bertz CT molecular complexity index is 229. The van der Waals surface area contributed by atoms with E-state index in [0.717, 1.165) is 19.4 Å². The van der Waals surface area contributed by atoms with E-state index in [2.05, 4.69) is 0 Å². The minimum absolute atomic E-state index is 0.0602. The highest BCUT2D eigenvalue weighted by molar-refractivity contribution is 5.83. The molecule has 2 heterocycles. The summed E-state index contributed by atoms with van der Waals surface area (Å²) < 4.78 is 18.3. The van der Waals surface area contributed by atoms with Gasteiger partial charge >= 0.3 is 0 Å². The fourth-order valence-electron chi connectivity index (χ4n) is 2.28. The van der Waals surface area contributed by atoms with Gasteiger partial charge in [0.15, 0.2) is 5.78 Å². The van der Waals surface area contributed by atoms with E-state index >= 15 is 0 Å². The SMILES string of the molecule is O=C(CN1CCCC(F)C1)C1CCOC1. The molecule has 2 atom stereocenters. The number of piperidine rings is 1. The number of ketones is 1. The van der Waals surface area contributed by atoms with Gasteiger partial charge in [-0.2, -0.15) is 0 Å². The Kier molecular flexibility index (Phi) is 3.70. The number of carbonyl (C=O) groups is 1. The normalized spacial score (nSPS) is 33.1. The predicted molar refractivity (Wildman–Crippen MR) is 54.5 cm³/mol. The van der Waals surface area contributed by atoms with Crippen molar-refractivity contribution in [2.45, 2.75) is 25.4 Å². The van der Waals surface area contributed by atoms with Crippen LogP contribution in [0.25, 0.3) is 0 Å². The summed E-state index contributed by atoms with van der Waals surface area (Å²) >= 11 is 0. The molecule has 0 aromatic rings. The molecule has 2 aliphatic heterocycles. The molecule has 2 fully saturated rings. The molecule has 0 spiro atoms. The second kappa shape index (κ2) is 5.03. The Labute approximate surface area is 89.6 Å². The molecule has 0 saturated carbocycles. The monoisotopic (exact) mass is 215 g/mol. The van der Waals surface area contributed by atoms with Gasteiger partial charge in [0.2, 0.25) is 0 Å². The third kappa shape index (κ3) is 2.98. The first-order valence-electron chi connectivity index (χ1n) is 5.72. The maximum absolute atomic E-state index is 13.1. The van der Waals surface area contributed by atoms with Gasteiger partial charge in [-0.1, -0.05) is 0 Å². The van der Waals surface area contributed by atoms with Crippen molar-refractivity contribution < 1.29 is 13.9 Å². The first kappa shape index (κ1) is 11.0. The first-order valence-corrected chi connectivity index (χ1v) is 5.72. The van der Waals surface area contributed by atoms with Crippen molar-refractivity contribution in [1.29, 1.82) is 0 Å². The van der Waals surface area contributed by atoms with Crippen LogP contribution in [0.3, 0.4) is 0 Å². The van der Waals surface area contributed by atoms with Crippen LogP contribution in [0.15, 0.2) is 0 Å². The zero-order valence-electron chi connectivity index (χ0n) is 8.95. The quantitative estimate of drug-likeness (QED) is 0.704. The number of carbonyl (C=O) groups excluding carboxylic acids is 1. The fraction of sp³-hybridized carbons (Fsp3) is 0.909. The lowest BCUT2D eigenvalue weighted by molar-refractivity contribution is -0.124. The molecule has 0 aromatic heterocycles. The standard InChI is InChI=1S/C11H18FNO2/c12-10-2-1-4-13(6-10)7-11(14)9-3-5-15-8-9/h9-10H,1-8H2. The molecular weight excluding hydrogens is 197 g/mol. The zero-order chi connectivity index (χ0) is 10.7. The first-order chi connectivity index (χ1) is 7.25. The highest BCUT2D eigenvalue weighted by Gasteiger charge is 2.27. The molecule has 0 radical (unpaired) electrons. The molecule has 0 N–H and O–H groups in total. The van der Waals surface area contributed by atoms with Crippen molar-refractivity contribution in [3.8, 4) is 0 Å². The molecule has 2 aliphatic rings. The molecule has 86 valence electrons. The van der Waals surface area contributed by atoms with E-state index in [1.54, 1.807) is 0 Å². The van der Waals surface area contributed by atoms with Crippen molar-refractivity contribution in [2.24, 2.45) is 5.92 Å². The molecule has 2 unspecified atom stereocenters. The minimum atomic E-state index is -0.744. The molecule has 0 bridgehead atoms. The highest BCUT2D eigenvalue weighted by atomic mass is 19.1. The van der Waals surface area contributed by atoms with Gasteiger partial charge in [-0.25, -0.2) is 4.39 Å². The summed E-state index contributed by atoms with van der Waals surface area (Å²) in [6.07, 6.45) is 1.62. The summed E-state index contributed by atoms with van der Waals surface area (Å²) in [6.45, 7) is 2.96. The van der Waals surface area contributed by atoms with Gasteiger partial charge in [0.25, 0.3) is 0 Å². The number of halogens is 1. The Morgan fingerprint density at radius 2 is 2.33 bits per heavy atom. The summed E-state index contributed by atoms with van der Waals surface area (Å²) in [6, 6.07) is 0. The van der Waals surface area contributed by atoms with Crippen LogP contribution in [0.1, 0.15) is 19.3 Å². The highest BCUT2D eigenvalue weighted by Crippen LogP contribution is 2.17. The number of nitrogens with zero attached hydrogens (tertiary/aromatic N) is 1. The topological polar surface area (TPSA) is 29.5 Å². The third-order valence-corrected chi connectivity index (χ3v) is 3.21. The van der Waals surface area contributed by atoms with Gasteiger partial charge in [-0.05, 0) is 25.8 Å². The maximum Gasteiger partial charge on any atom is 0.152 e. The molecule has 4 heteroatoms.